The molecule has 1 aromatic carbocycles. The summed E-state index contributed by atoms with van der Waals surface area (Å²) in [7, 11) is 1.38. The molecular formula is C13H15NO5S. The Hall–Kier alpha value is -1.89. The number of carbonyl (C=O) groups is 2. The van der Waals surface area contributed by atoms with E-state index in [-0.39, 0.29) is 17.1 Å². The quantitative estimate of drug-likeness (QED) is 0.770. The molecule has 1 saturated heterocycles. The lowest BCUT2D eigenvalue weighted by Crippen LogP contribution is -2.54. The Kier molecular flexibility index (Phi) is 4.08. The highest BCUT2D eigenvalue weighted by Gasteiger charge is 2.43. The average molecular weight is 297 g/mol. The van der Waals surface area contributed by atoms with E-state index < -0.39 is 17.4 Å². The number of carbonyl (C=O) groups excluding carboxylic acids is 1. The van der Waals surface area contributed by atoms with Crippen molar-refractivity contribution in [2.24, 2.45) is 0 Å². The summed E-state index contributed by atoms with van der Waals surface area (Å²) >= 11 is 1.48. The number of phenolic OH excluding ortho intramolecular Hbond substituents is 1. The number of benzene rings is 1. The zero-order valence-corrected chi connectivity index (χ0v) is 11.7. The van der Waals surface area contributed by atoms with E-state index in [0.717, 1.165) is 0 Å². The minimum atomic E-state index is -1.27. The van der Waals surface area contributed by atoms with Crippen molar-refractivity contribution >= 4 is 23.6 Å². The van der Waals surface area contributed by atoms with E-state index in [1.807, 2.05) is 0 Å². The third-order valence-electron chi connectivity index (χ3n) is 3.25. The van der Waals surface area contributed by atoms with Gasteiger partial charge in [0.2, 0.25) is 0 Å². The third kappa shape index (κ3) is 2.53. The fraction of sp³-hybridized carbons (Fsp3) is 0.385. The van der Waals surface area contributed by atoms with Crippen LogP contribution in [0.5, 0.6) is 11.5 Å². The maximum Gasteiger partial charge on any atom is 0.330 e. The molecule has 1 amide bonds. The second-order valence-corrected chi connectivity index (χ2v) is 5.61. The smallest absolute Gasteiger partial charge is 0.330 e. The van der Waals surface area contributed by atoms with Crippen LogP contribution in [0.3, 0.4) is 0 Å². The Morgan fingerprint density at radius 2 is 2.20 bits per heavy atom. The number of rotatable bonds is 4. The third-order valence-corrected chi connectivity index (χ3v) is 4.44. The van der Waals surface area contributed by atoms with Gasteiger partial charge in [-0.25, -0.2) is 4.79 Å². The molecule has 2 rings (SSSR count). The first kappa shape index (κ1) is 14.5. The van der Waals surface area contributed by atoms with Crippen LogP contribution < -0.4 is 10.1 Å². The summed E-state index contributed by atoms with van der Waals surface area (Å²) in [5.41, 5.74) is -1.26. The van der Waals surface area contributed by atoms with Crippen LogP contribution in [0.15, 0.2) is 18.2 Å². The van der Waals surface area contributed by atoms with Crippen molar-refractivity contribution in [3.63, 3.8) is 0 Å². The summed E-state index contributed by atoms with van der Waals surface area (Å²) in [6.45, 7) is 0. The molecule has 0 spiro atoms. The van der Waals surface area contributed by atoms with Crippen LogP contribution in [0.25, 0.3) is 0 Å². The number of para-hydroxylation sites is 1. The van der Waals surface area contributed by atoms with Gasteiger partial charge in [0.05, 0.1) is 12.7 Å². The fourth-order valence-electron chi connectivity index (χ4n) is 2.04. The van der Waals surface area contributed by atoms with E-state index in [9.17, 15) is 19.8 Å². The Bertz CT molecular complexity index is 540. The van der Waals surface area contributed by atoms with Gasteiger partial charge in [0.15, 0.2) is 11.5 Å². The molecule has 1 heterocycles. The van der Waals surface area contributed by atoms with Gasteiger partial charge in [-0.3, -0.25) is 4.79 Å². The molecule has 1 atom stereocenters. The van der Waals surface area contributed by atoms with Gasteiger partial charge in [0, 0.05) is 5.75 Å². The summed E-state index contributed by atoms with van der Waals surface area (Å²) in [4.78, 5) is 23.6. The van der Waals surface area contributed by atoms with Crippen molar-refractivity contribution in [2.75, 3.05) is 18.6 Å². The van der Waals surface area contributed by atoms with Gasteiger partial charge in [0.25, 0.3) is 5.91 Å². The monoisotopic (exact) mass is 297 g/mol. The molecule has 6 nitrogen and oxygen atoms in total. The molecule has 1 aliphatic rings. The number of carboxylic acid groups (broad SMARTS) is 1. The number of aliphatic carboxylic acids is 1. The molecule has 0 aliphatic carbocycles. The van der Waals surface area contributed by atoms with E-state index in [1.54, 1.807) is 6.07 Å². The predicted octanol–water partition coefficient (Wildman–Crippen LogP) is 1.09. The van der Waals surface area contributed by atoms with E-state index >= 15 is 0 Å². The molecule has 3 N–H and O–H groups in total. The highest BCUT2D eigenvalue weighted by Crippen LogP contribution is 2.32. The number of methoxy groups -OCH3 is 1. The zero-order chi connectivity index (χ0) is 14.8. The van der Waals surface area contributed by atoms with Crippen molar-refractivity contribution in [3.8, 4) is 11.5 Å². The number of aromatic hydroxyl groups is 1. The van der Waals surface area contributed by atoms with Crippen LogP contribution in [0, 0.1) is 0 Å². The number of thioether (sulfide) groups is 1. The number of amides is 1. The number of phenols is 1. The van der Waals surface area contributed by atoms with Crippen molar-refractivity contribution in [1.29, 1.82) is 0 Å². The number of nitrogens with one attached hydrogen (secondary N) is 1. The van der Waals surface area contributed by atoms with Crippen molar-refractivity contribution < 1.29 is 24.5 Å². The van der Waals surface area contributed by atoms with Gasteiger partial charge in [-0.05, 0) is 24.3 Å². The van der Waals surface area contributed by atoms with Gasteiger partial charge >= 0.3 is 5.97 Å². The summed E-state index contributed by atoms with van der Waals surface area (Å²) in [6, 6.07) is 4.50. The molecule has 0 aromatic heterocycles. The summed E-state index contributed by atoms with van der Waals surface area (Å²) in [5, 5.41) is 21.8. The van der Waals surface area contributed by atoms with Gasteiger partial charge in [0.1, 0.15) is 5.54 Å². The topological polar surface area (TPSA) is 95.9 Å². The van der Waals surface area contributed by atoms with Crippen LogP contribution in [0.2, 0.25) is 0 Å². The molecule has 0 bridgehead atoms. The summed E-state index contributed by atoms with van der Waals surface area (Å²) < 4.78 is 4.93. The fourth-order valence-corrected chi connectivity index (χ4v) is 3.37. The normalized spacial score (nSPS) is 21.4. The van der Waals surface area contributed by atoms with Crippen molar-refractivity contribution in [1.82, 2.24) is 5.32 Å². The standard InChI is InChI=1S/C13H15NO5S/c1-19-9-4-2-3-8(10(9)15)11(16)14-13(12(17)18)5-6-20-7-13/h2-4,15H,5-7H2,1H3,(H,14,16)(H,17,18). The molecule has 1 fully saturated rings. The molecule has 1 aliphatic heterocycles. The number of carboxylic acids is 1. The first-order chi connectivity index (χ1) is 9.50. The van der Waals surface area contributed by atoms with Gasteiger partial charge < -0.3 is 20.3 Å². The SMILES string of the molecule is COc1cccc(C(=O)NC2(C(=O)O)CCSC2)c1O. The Morgan fingerprint density at radius 1 is 1.45 bits per heavy atom. The summed E-state index contributed by atoms with van der Waals surface area (Å²) in [5.74, 6) is -0.804. The van der Waals surface area contributed by atoms with Crippen molar-refractivity contribution in [3.05, 3.63) is 23.8 Å². The highest BCUT2D eigenvalue weighted by molar-refractivity contribution is 7.99. The molecule has 108 valence electrons. The largest absolute Gasteiger partial charge is 0.504 e. The lowest BCUT2D eigenvalue weighted by molar-refractivity contribution is -0.143. The van der Waals surface area contributed by atoms with Crippen LogP contribution >= 0.6 is 11.8 Å². The van der Waals surface area contributed by atoms with Crippen molar-refractivity contribution in [2.45, 2.75) is 12.0 Å². The molecular weight excluding hydrogens is 282 g/mol. The first-order valence-corrected chi connectivity index (χ1v) is 7.15. The van der Waals surface area contributed by atoms with E-state index in [1.165, 1.54) is 31.0 Å². The molecule has 1 aromatic rings. The highest BCUT2D eigenvalue weighted by atomic mass is 32.2. The Balaban J connectivity index is 2.26. The van der Waals surface area contributed by atoms with Crippen LogP contribution in [0.4, 0.5) is 0 Å². The zero-order valence-electron chi connectivity index (χ0n) is 10.9. The van der Waals surface area contributed by atoms with Crippen LogP contribution in [-0.2, 0) is 4.79 Å². The van der Waals surface area contributed by atoms with Gasteiger partial charge in [-0.1, -0.05) is 6.07 Å². The second kappa shape index (κ2) is 5.62. The predicted molar refractivity (Wildman–Crippen MR) is 74.4 cm³/mol. The minimum absolute atomic E-state index is 0.00174. The molecule has 7 heteroatoms. The number of ether oxygens (including phenoxy) is 1. The van der Waals surface area contributed by atoms with Crippen LogP contribution in [0.1, 0.15) is 16.8 Å². The molecule has 0 saturated carbocycles. The van der Waals surface area contributed by atoms with Gasteiger partial charge in [-0.2, -0.15) is 11.8 Å². The second-order valence-electron chi connectivity index (χ2n) is 4.50. The Morgan fingerprint density at radius 3 is 2.75 bits per heavy atom. The minimum Gasteiger partial charge on any atom is -0.504 e. The lowest BCUT2D eigenvalue weighted by Gasteiger charge is -2.24. The average Bonchev–Trinajstić information content (AvgIpc) is 2.88. The van der Waals surface area contributed by atoms with E-state index in [4.69, 9.17) is 4.74 Å². The van der Waals surface area contributed by atoms with E-state index in [0.29, 0.717) is 17.9 Å². The van der Waals surface area contributed by atoms with Crippen LogP contribution in [-0.4, -0.2) is 46.2 Å². The Labute approximate surface area is 120 Å². The number of hydrogen-bond acceptors (Lipinski definition) is 5. The molecule has 1 unspecified atom stereocenters. The lowest BCUT2D eigenvalue weighted by atomic mass is 9.98. The number of hydrogen-bond donors (Lipinski definition) is 3. The summed E-state index contributed by atoms with van der Waals surface area (Å²) in [6.07, 6.45) is 0.365. The molecule has 0 radical (unpaired) electrons. The maximum atomic E-state index is 12.2. The molecule has 20 heavy (non-hydrogen) atoms. The first-order valence-electron chi connectivity index (χ1n) is 6.00. The maximum absolute atomic E-state index is 12.2. The van der Waals surface area contributed by atoms with Gasteiger partial charge in [-0.15, -0.1) is 0 Å². The van der Waals surface area contributed by atoms with E-state index in [2.05, 4.69) is 5.32 Å².